The van der Waals surface area contributed by atoms with Gasteiger partial charge >= 0.3 is 5.97 Å². The Hall–Kier alpha value is -4.20. The van der Waals surface area contributed by atoms with E-state index in [9.17, 15) is 9.90 Å². The van der Waals surface area contributed by atoms with Gasteiger partial charge in [-0.25, -0.2) is 4.79 Å². The topological polar surface area (TPSA) is 127 Å². The highest BCUT2D eigenvalue weighted by atomic mass is 16.5. The summed E-state index contributed by atoms with van der Waals surface area (Å²) in [6.07, 6.45) is 0. The van der Waals surface area contributed by atoms with Gasteiger partial charge in [0.1, 0.15) is 36.3 Å². The first-order valence-corrected chi connectivity index (χ1v) is 10.5. The summed E-state index contributed by atoms with van der Waals surface area (Å²) in [6.45, 7) is 2.89. The molecule has 0 spiro atoms. The largest absolute Gasteiger partial charge is 0.494 e. The van der Waals surface area contributed by atoms with E-state index in [0.717, 1.165) is 5.75 Å². The van der Waals surface area contributed by atoms with Crippen LogP contribution in [-0.4, -0.2) is 36.7 Å². The predicted octanol–water partition coefficient (Wildman–Crippen LogP) is 4.06. The van der Waals surface area contributed by atoms with Gasteiger partial charge in [0.05, 0.1) is 6.61 Å². The zero-order valence-electron chi connectivity index (χ0n) is 18.3. The number of aliphatic carboxylic acids is 1. The SMILES string of the molecule is CCOc1cc(OCCOc2ccccc2)cc(C(Nc2ccc(C(=N)N)cc2)C(=O)O)c1. The maximum atomic E-state index is 12.1. The van der Waals surface area contributed by atoms with Crippen LogP contribution in [0.4, 0.5) is 5.69 Å². The second kappa shape index (κ2) is 11.4. The molecule has 172 valence electrons. The van der Waals surface area contributed by atoms with E-state index in [1.807, 2.05) is 37.3 Å². The number of carboxylic acid groups (broad SMARTS) is 1. The highest BCUT2D eigenvalue weighted by Gasteiger charge is 2.22. The number of anilines is 1. The Morgan fingerprint density at radius 2 is 1.55 bits per heavy atom. The number of nitrogen functional groups attached to an aromatic ring is 1. The normalized spacial score (nSPS) is 11.3. The number of carbonyl (C=O) groups is 1. The van der Waals surface area contributed by atoms with Crippen LogP contribution in [0.2, 0.25) is 0 Å². The molecule has 0 aliphatic heterocycles. The minimum absolute atomic E-state index is 0.0567. The fourth-order valence-corrected chi connectivity index (χ4v) is 3.13. The lowest BCUT2D eigenvalue weighted by atomic mass is 10.1. The predicted molar refractivity (Wildman–Crippen MR) is 127 cm³/mol. The zero-order chi connectivity index (χ0) is 23.6. The molecule has 0 bridgehead atoms. The van der Waals surface area contributed by atoms with Crippen molar-refractivity contribution in [2.75, 3.05) is 25.1 Å². The summed E-state index contributed by atoms with van der Waals surface area (Å²) in [6, 6.07) is 20.1. The molecular formula is C25H27N3O5. The first-order valence-electron chi connectivity index (χ1n) is 10.5. The van der Waals surface area contributed by atoms with Crippen LogP contribution >= 0.6 is 0 Å². The van der Waals surface area contributed by atoms with E-state index < -0.39 is 12.0 Å². The molecule has 3 rings (SSSR count). The zero-order valence-corrected chi connectivity index (χ0v) is 18.3. The van der Waals surface area contributed by atoms with E-state index in [1.54, 1.807) is 42.5 Å². The molecule has 0 aliphatic carbocycles. The van der Waals surface area contributed by atoms with Crippen LogP contribution in [0.15, 0.2) is 72.8 Å². The number of amidine groups is 1. The van der Waals surface area contributed by atoms with Gasteiger partial charge in [-0.05, 0) is 61.0 Å². The number of nitrogens with one attached hydrogen (secondary N) is 2. The van der Waals surface area contributed by atoms with Crippen LogP contribution in [0, 0.1) is 5.41 Å². The second-order valence-electron chi connectivity index (χ2n) is 7.09. The number of ether oxygens (including phenoxy) is 3. The van der Waals surface area contributed by atoms with Gasteiger partial charge in [-0.15, -0.1) is 0 Å². The van der Waals surface area contributed by atoms with Crippen molar-refractivity contribution < 1.29 is 24.1 Å². The number of para-hydroxylation sites is 1. The number of nitrogens with two attached hydrogens (primary N) is 1. The van der Waals surface area contributed by atoms with E-state index in [-0.39, 0.29) is 12.4 Å². The lowest BCUT2D eigenvalue weighted by Gasteiger charge is -2.19. The molecule has 8 nitrogen and oxygen atoms in total. The molecule has 0 amide bonds. The van der Waals surface area contributed by atoms with Gasteiger partial charge in [-0.3, -0.25) is 5.41 Å². The van der Waals surface area contributed by atoms with Crippen molar-refractivity contribution in [3.8, 4) is 17.2 Å². The van der Waals surface area contributed by atoms with Gasteiger partial charge < -0.3 is 30.4 Å². The lowest BCUT2D eigenvalue weighted by molar-refractivity contribution is -0.138. The van der Waals surface area contributed by atoms with Crippen LogP contribution in [0.3, 0.4) is 0 Å². The van der Waals surface area contributed by atoms with Crippen molar-refractivity contribution >= 4 is 17.5 Å². The summed E-state index contributed by atoms with van der Waals surface area (Å²) in [5.74, 6) is 0.619. The molecule has 1 atom stereocenters. The average Bonchev–Trinajstić information content (AvgIpc) is 2.81. The molecule has 0 saturated carbocycles. The summed E-state index contributed by atoms with van der Waals surface area (Å²) < 4.78 is 17.1. The van der Waals surface area contributed by atoms with E-state index in [1.165, 1.54) is 0 Å². The van der Waals surface area contributed by atoms with Crippen LogP contribution < -0.4 is 25.3 Å². The number of carboxylic acids is 1. The Morgan fingerprint density at radius 1 is 0.939 bits per heavy atom. The minimum atomic E-state index is -1.06. The number of rotatable bonds is 12. The molecule has 33 heavy (non-hydrogen) atoms. The summed E-state index contributed by atoms with van der Waals surface area (Å²) >= 11 is 0. The maximum absolute atomic E-state index is 12.1. The highest BCUT2D eigenvalue weighted by molar-refractivity contribution is 5.95. The van der Waals surface area contributed by atoms with E-state index in [0.29, 0.717) is 41.5 Å². The van der Waals surface area contributed by atoms with Crippen molar-refractivity contribution in [2.24, 2.45) is 5.73 Å². The van der Waals surface area contributed by atoms with Crippen molar-refractivity contribution in [3.05, 3.63) is 83.9 Å². The third-order valence-corrected chi connectivity index (χ3v) is 4.66. The molecule has 5 N–H and O–H groups in total. The number of hydrogen-bond acceptors (Lipinski definition) is 6. The summed E-state index contributed by atoms with van der Waals surface area (Å²) in [4.78, 5) is 12.1. The maximum Gasteiger partial charge on any atom is 0.330 e. The quantitative estimate of drug-likeness (QED) is 0.186. The van der Waals surface area contributed by atoms with Gasteiger partial charge in [-0.2, -0.15) is 0 Å². The molecule has 0 aromatic heterocycles. The molecule has 0 aliphatic rings. The number of benzene rings is 3. The smallest absolute Gasteiger partial charge is 0.330 e. The fourth-order valence-electron chi connectivity index (χ4n) is 3.13. The molecule has 0 fully saturated rings. The van der Waals surface area contributed by atoms with Gasteiger partial charge in [-0.1, -0.05) is 18.2 Å². The third-order valence-electron chi connectivity index (χ3n) is 4.66. The molecule has 8 heteroatoms. The van der Waals surface area contributed by atoms with Gasteiger partial charge in [0.25, 0.3) is 0 Å². The van der Waals surface area contributed by atoms with Crippen molar-refractivity contribution in [1.29, 1.82) is 5.41 Å². The first-order chi connectivity index (χ1) is 16.0. The summed E-state index contributed by atoms with van der Waals surface area (Å²) in [5.41, 5.74) is 7.09. The highest BCUT2D eigenvalue weighted by Crippen LogP contribution is 2.29. The van der Waals surface area contributed by atoms with Crippen LogP contribution in [0.1, 0.15) is 24.1 Å². The van der Waals surface area contributed by atoms with Crippen LogP contribution in [-0.2, 0) is 4.79 Å². The van der Waals surface area contributed by atoms with Gasteiger partial charge in [0.15, 0.2) is 6.04 Å². The molecule has 1 unspecified atom stereocenters. The molecule has 3 aromatic carbocycles. The van der Waals surface area contributed by atoms with Crippen LogP contribution in [0.25, 0.3) is 0 Å². The standard InChI is InChI=1S/C25H27N3O5/c1-2-31-21-14-18(15-22(16-21)33-13-12-32-20-6-4-3-5-7-20)23(25(29)30)28-19-10-8-17(9-11-19)24(26)27/h3-11,14-16,23,28H,2,12-13H2,1H3,(H3,26,27)(H,29,30). The minimum Gasteiger partial charge on any atom is -0.494 e. The fraction of sp³-hybridized carbons (Fsp3) is 0.200. The molecule has 3 aromatic rings. The molecular weight excluding hydrogens is 422 g/mol. The van der Waals surface area contributed by atoms with E-state index in [4.69, 9.17) is 25.4 Å². The molecule has 0 heterocycles. The Balaban J connectivity index is 1.74. The van der Waals surface area contributed by atoms with Crippen molar-refractivity contribution in [1.82, 2.24) is 0 Å². The molecule has 0 radical (unpaired) electrons. The van der Waals surface area contributed by atoms with Gasteiger partial charge in [0.2, 0.25) is 0 Å². The summed E-state index contributed by atoms with van der Waals surface area (Å²) in [5, 5.41) is 20.3. The number of hydrogen-bond donors (Lipinski definition) is 4. The second-order valence-corrected chi connectivity index (χ2v) is 7.09. The van der Waals surface area contributed by atoms with Gasteiger partial charge in [0, 0.05) is 17.3 Å². The monoisotopic (exact) mass is 449 g/mol. The third kappa shape index (κ3) is 6.90. The van der Waals surface area contributed by atoms with E-state index >= 15 is 0 Å². The Bertz CT molecular complexity index is 1070. The Morgan fingerprint density at radius 3 is 2.12 bits per heavy atom. The van der Waals surface area contributed by atoms with Crippen LogP contribution in [0.5, 0.6) is 17.2 Å². The first kappa shape index (κ1) is 23.5. The summed E-state index contributed by atoms with van der Waals surface area (Å²) in [7, 11) is 0. The van der Waals surface area contributed by atoms with E-state index in [2.05, 4.69) is 5.32 Å². The van der Waals surface area contributed by atoms with Crippen molar-refractivity contribution in [2.45, 2.75) is 13.0 Å². The lowest BCUT2D eigenvalue weighted by Crippen LogP contribution is -2.21. The molecule has 0 saturated heterocycles. The van der Waals surface area contributed by atoms with Crippen molar-refractivity contribution in [3.63, 3.8) is 0 Å². The average molecular weight is 450 g/mol. The Labute approximate surface area is 192 Å². The Kier molecular flexibility index (Phi) is 8.13.